The molecule has 0 aliphatic carbocycles. The highest BCUT2D eigenvalue weighted by atomic mass is 32.2. The molecule has 3 heterocycles. The second kappa shape index (κ2) is 7.18. The Morgan fingerprint density at radius 3 is 2.62 bits per heavy atom. The Labute approximate surface area is 152 Å². The number of carbonyl (C=O) groups excluding carboxylic acids is 1. The lowest BCUT2D eigenvalue weighted by Gasteiger charge is -2.34. The van der Waals surface area contributed by atoms with Gasteiger partial charge in [0.2, 0.25) is 10.0 Å². The monoisotopic (exact) mass is 379 g/mol. The van der Waals surface area contributed by atoms with Crippen LogP contribution in [0.25, 0.3) is 0 Å². The molecule has 0 spiro atoms. The highest BCUT2D eigenvalue weighted by molar-refractivity contribution is 7.89. The number of aromatic nitrogens is 1. The van der Waals surface area contributed by atoms with Gasteiger partial charge in [-0.25, -0.2) is 8.42 Å². The lowest BCUT2D eigenvalue weighted by molar-refractivity contribution is -0.0441. The van der Waals surface area contributed by atoms with Crippen molar-refractivity contribution in [2.75, 3.05) is 18.4 Å². The summed E-state index contributed by atoms with van der Waals surface area (Å²) in [5.74, 6) is -0.432. The number of amides is 1. The third kappa shape index (κ3) is 3.79. The van der Waals surface area contributed by atoms with Crippen LogP contribution in [-0.4, -0.2) is 48.9 Å². The molecule has 0 radical (unpaired) electrons. The average Bonchev–Trinajstić information content (AvgIpc) is 2.98. The highest BCUT2D eigenvalue weighted by Crippen LogP contribution is 2.26. The molecule has 1 amide bonds. The van der Waals surface area contributed by atoms with Crippen molar-refractivity contribution in [1.82, 2.24) is 9.29 Å². The maximum atomic E-state index is 13.0. The maximum Gasteiger partial charge on any atom is 0.291 e. The predicted molar refractivity (Wildman–Crippen MR) is 94.4 cm³/mol. The Bertz CT molecular complexity index is 884. The van der Waals surface area contributed by atoms with Gasteiger partial charge in [0.25, 0.3) is 5.91 Å². The Morgan fingerprint density at radius 1 is 1.31 bits per heavy atom. The van der Waals surface area contributed by atoms with E-state index in [4.69, 9.17) is 9.15 Å². The van der Waals surface area contributed by atoms with E-state index in [1.54, 1.807) is 18.3 Å². The summed E-state index contributed by atoms with van der Waals surface area (Å²) in [6.07, 6.45) is 2.67. The Kier molecular flexibility index (Phi) is 5.12. The summed E-state index contributed by atoms with van der Waals surface area (Å²) in [6.45, 7) is 5.70. The number of morpholine rings is 1. The average molecular weight is 379 g/mol. The fraction of sp³-hybridized carbons (Fsp3) is 0.412. The summed E-state index contributed by atoms with van der Waals surface area (Å²) >= 11 is 0. The zero-order valence-electron chi connectivity index (χ0n) is 14.8. The molecule has 1 fully saturated rings. The van der Waals surface area contributed by atoms with E-state index < -0.39 is 15.9 Å². The fourth-order valence-corrected chi connectivity index (χ4v) is 4.68. The summed E-state index contributed by atoms with van der Waals surface area (Å²) in [7, 11) is -3.78. The van der Waals surface area contributed by atoms with Crippen LogP contribution >= 0.6 is 0 Å². The number of furan rings is 1. The lowest BCUT2D eigenvalue weighted by Crippen LogP contribution is -2.48. The second-order valence-electron chi connectivity index (χ2n) is 6.31. The number of carbonyl (C=O) groups is 1. The number of nitrogens with one attached hydrogen (secondary N) is 1. The molecular weight excluding hydrogens is 358 g/mol. The fourth-order valence-electron chi connectivity index (χ4n) is 2.93. The topological polar surface area (TPSA) is 102 Å². The van der Waals surface area contributed by atoms with Gasteiger partial charge < -0.3 is 14.5 Å². The van der Waals surface area contributed by atoms with Crippen LogP contribution < -0.4 is 5.32 Å². The van der Waals surface area contributed by atoms with E-state index in [2.05, 4.69) is 10.3 Å². The SMILES string of the molecule is Cc1oc(C(=O)Nc2cccnc2)cc1S(=O)(=O)N1CC(C)OC(C)C1. The number of sulfonamides is 1. The zero-order valence-corrected chi connectivity index (χ0v) is 15.6. The van der Waals surface area contributed by atoms with Crippen molar-refractivity contribution in [2.45, 2.75) is 37.9 Å². The molecular formula is C17H21N3O5S. The van der Waals surface area contributed by atoms with Crippen LogP contribution in [0.2, 0.25) is 0 Å². The lowest BCUT2D eigenvalue weighted by atomic mass is 10.3. The Balaban J connectivity index is 1.84. The standard InChI is InChI=1S/C17H21N3O5S/c1-11-9-20(10-12(2)24-11)26(22,23)16-7-15(25-13(16)3)17(21)19-14-5-4-6-18-8-14/h4-8,11-12H,9-10H2,1-3H3,(H,19,21). The molecule has 0 bridgehead atoms. The quantitative estimate of drug-likeness (QED) is 0.872. The second-order valence-corrected chi connectivity index (χ2v) is 8.21. The van der Waals surface area contributed by atoms with Crippen LogP contribution in [0.3, 0.4) is 0 Å². The first kappa shape index (κ1) is 18.6. The van der Waals surface area contributed by atoms with Crippen LogP contribution in [-0.2, 0) is 14.8 Å². The number of hydrogen-bond donors (Lipinski definition) is 1. The van der Waals surface area contributed by atoms with E-state index in [0.29, 0.717) is 5.69 Å². The largest absolute Gasteiger partial charge is 0.455 e. The molecule has 2 aromatic heterocycles. The van der Waals surface area contributed by atoms with Gasteiger partial charge in [-0.05, 0) is 32.9 Å². The van der Waals surface area contributed by atoms with E-state index in [9.17, 15) is 13.2 Å². The number of hydrogen-bond acceptors (Lipinski definition) is 6. The first-order valence-electron chi connectivity index (χ1n) is 8.25. The van der Waals surface area contributed by atoms with Gasteiger partial charge in [-0.1, -0.05) is 0 Å². The van der Waals surface area contributed by atoms with E-state index in [0.717, 1.165) is 0 Å². The van der Waals surface area contributed by atoms with E-state index in [1.165, 1.54) is 23.5 Å². The maximum absolute atomic E-state index is 13.0. The molecule has 0 saturated carbocycles. The van der Waals surface area contributed by atoms with Crippen LogP contribution in [0.1, 0.15) is 30.2 Å². The minimum absolute atomic E-state index is 0.00450. The molecule has 1 N–H and O–H groups in total. The van der Waals surface area contributed by atoms with E-state index in [-0.39, 0.29) is 41.7 Å². The predicted octanol–water partition coefficient (Wildman–Crippen LogP) is 2.03. The summed E-state index contributed by atoms with van der Waals surface area (Å²) in [4.78, 5) is 16.2. The molecule has 3 rings (SSSR count). The van der Waals surface area contributed by atoms with Gasteiger partial charge in [-0.15, -0.1) is 0 Å². The molecule has 1 aliphatic rings. The molecule has 8 nitrogen and oxygen atoms in total. The smallest absolute Gasteiger partial charge is 0.291 e. The van der Waals surface area contributed by atoms with Crippen molar-refractivity contribution in [2.24, 2.45) is 0 Å². The number of pyridine rings is 1. The molecule has 2 unspecified atom stereocenters. The molecule has 0 aromatic carbocycles. The first-order valence-corrected chi connectivity index (χ1v) is 9.69. The van der Waals surface area contributed by atoms with Crippen molar-refractivity contribution in [3.05, 3.63) is 42.1 Å². The third-order valence-electron chi connectivity index (χ3n) is 4.02. The van der Waals surface area contributed by atoms with Gasteiger partial charge in [0, 0.05) is 25.4 Å². The molecule has 26 heavy (non-hydrogen) atoms. The van der Waals surface area contributed by atoms with Crippen molar-refractivity contribution in [3.63, 3.8) is 0 Å². The minimum Gasteiger partial charge on any atom is -0.455 e. The van der Waals surface area contributed by atoms with Crippen molar-refractivity contribution in [3.8, 4) is 0 Å². The van der Waals surface area contributed by atoms with Crippen molar-refractivity contribution in [1.29, 1.82) is 0 Å². The van der Waals surface area contributed by atoms with Crippen LogP contribution in [0.15, 0.2) is 39.9 Å². The summed E-state index contributed by atoms with van der Waals surface area (Å²) in [5.41, 5.74) is 0.492. The van der Waals surface area contributed by atoms with Gasteiger partial charge in [-0.2, -0.15) is 4.31 Å². The Morgan fingerprint density at radius 2 is 2.00 bits per heavy atom. The van der Waals surface area contributed by atoms with Gasteiger partial charge >= 0.3 is 0 Å². The zero-order chi connectivity index (χ0) is 18.9. The van der Waals surface area contributed by atoms with Crippen LogP contribution in [0.5, 0.6) is 0 Å². The minimum atomic E-state index is -3.78. The van der Waals surface area contributed by atoms with Crippen molar-refractivity contribution >= 4 is 21.6 Å². The molecule has 2 aromatic rings. The number of rotatable bonds is 4. The number of nitrogens with zero attached hydrogens (tertiary/aromatic N) is 2. The summed E-state index contributed by atoms with van der Waals surface area (Å²) < 4.78 is 38.3. The number of anilines is 1. The highest BCUT2D eigenvalue weighted by Gasteiger charge is 2.35. The molecule has 9 heteroatoms. The van der Waals surface area contributed by atoms with Crippen LogP contribution in [0, 0.1) is 6.92 Å². The summed E-state index contributed by atoms with van der Waals surface area (Å²) in [6, 6.07) is 4.62. The molecule has 2 atom stereocenters. The normalized spacial score (nSPS) is 21.5. The summed E-state index contributed by atoms with van der Waals surface area (Å²) in [5, 5.41) is 2.62. The van der Waals surface area contributed by atoms with Gasteiger partial charge in [0.1, 0.15) is 10.7 Å². The van der Waals surface area contributed by atoms with Crippen LogP contribution in [0.4, 0.5) is 5.69 Å². The first-order chi connectivity index (χ1) is 12.3. The molecule has 1 aliphatic heterocycles. The van der Waals surface area contributed by atoms with Gasteiger partial charge in [0.15, 0.2) is 5.76 Å². The third-order valence-corrected chi connectivity index (χ3v) is 5.96. The Hall–Kier alpha value is -2.23. The molecule has 140 valence electrons. The van der Waals surface area contributed by atoms with E-state index in [1.807, 2.05) is 13.8 Å². The van der Waals surface area contributed by atoms with Gasteiger partial charge in [0.05, 0.1) is 24.1 Å². The van der Waals surface area contributed by atoms with Crippen molar-refractivity contribution < 1.29 is 22.4 Å². The number of aryl methyl sites for hydroxylation is 1. The van der Waals surface area contributed by atoms with Gasteiger partial charge in [-0.3, -0.25) is 9.78 Å². The molecule has 1 saturated heterocycles. The number of ether oxygens (including phenoxy) is 1. The van der Waals surface area contributed by atoms with E-state index >= 15 is 0 Å².